The van der Waals surface area contributed by atoms with Gasteiger partial charge in [0, 0.05) is 19.6 Å². The van der Waals surface area contributed by atoms with Crippen LogP contribution in [0.25, 0.3) is 0 Å². The molecule has 0 bridgehead atoms. The number of ether oxygens (including phenoxy) is 2. The summed E-state index contributed by atoms with van der Waals surface area (Å²) in [6.45, 7) is 5.12. The van der Waals surface area contributed by atoms with Gasteiger partial charge in [-0.2, -0.15) is 0 Å². The van der Waals surface area contributed by atoms with E-state index in [1.54, 1.807) is 0 Å². The van der Waals surface area contributed by atoms with E-state index in [0.717, 1.165) is 6.54 Å². The number of benzene rings is 1. The Morgan fingerprint density at radius 2 is 1.95 bits per heavy atom. The number of rotatable bonds is 3. The van der Waals surface area contributed by atoms with Crippen LogP contribution in [0.2, 0.25) is 0 Å². The van der Waals surface area contributed by atoms with Crippen LogP contribution in [-0.2, 0) is 16.0 Å². The Hall–Kier alpha value is -0.980. The summed E-state index contributed by atoms with van der Waals surface area (Å²) in [5.41, 5.74) is -0.111. The molecule has 2 aliphatic heterocycles. The van der Waals surface area contributed by atoms with Crippen LogP contribution in [0.5, 0.6) is 0 Å². The predicted molar refractivity (Wildman–Crippen MR) is 77.6 cm³/mol. The first kappa shape index (κ1) is 14.9. The number of fused-ring (bicyclic) bond motifs is 1. The quantitative estimate of drug-likeness (QED) is 0.861. The number of hydrogen-bond donors (Lipinski definition) is 2. The van der Waals surface area contributed by atoms with Crippen molar-refractivity contribution in [2.45, 2.75) is 44.0 Å². The summed E-state index contributed by atoms with van der Waals surface area (Å²) in [6, 6.07) is 10.1. The van der Waals surface area contributed by atoms with Gasteiger partial charge in [0.2, 0.25) is 0 Å². The van der Waals surface area contributed by atoms with Crippen molar-refractivity contribution in [3.8, 4) is 0 Å². The zero-order valence-electron chi connectivity index (χ0n) is 12.5. The van der Waals surface area contributed by atoms with Crippen molar-refractivity contribution < 1.29 is 19.7 Å². The first-order valence-corrected chi connectivity index (χ1v) is 7.37. The van der Waals surface area contributed by atoms with Gasteiger partial charge in [0.1, 0.15) is 17.8 Å². The molecule has 1 aromatic carbocycles. The van der Waals surface area contributed by atoms with E-state index in [-0.39, 0.29) is 12.7 Å². The highest BCUT2D eigenvalue weighted by molar-refractivity contribution is 5.15. The molecule has 0 amide bonds. The first-order chi connectivity index (χ1) is 9.92. The van der Waals surface area contributed by atoms with Crippen LogP contribution in [-0.4, -0.2) is 58.4 Å². The normalized spacial score (nSPS) is 35.6. The largest absolute Gasteiger partial charge is 0.393 e. The van der Waals surface area contributed by atoms with Gasteiger partial charge < -0.3 is 19.7 Å². The Labute approximate surface area is 125 Å². The second-order valence-corrected chi connectivity index (χ2v) is 6.51. The van der Waals surface area contributed by atoms with Crippen molar-refractivity contribution in [1.82, 2.24) is 4.90 Å². The third kappa shape index (κ3) is 2.98. The highest BCUT2D eigenvalue weighted by Gasteiger charge is 2.55. The minimum Gasteiger partial charge on any atom is -0.393 e. The molecule has 3 atom stereocenters. The Morgan fingerprint density at radius 3 is 2.62 bits per heavy atom. The van der Waals surface area contributed by atoms with E-state index in [1.807, 2.05) is 32.0 Å². The van der Waals surface area contributed by atoms with Gasteiger partial charge in [-0.25, -0.2) is 0 Å². The Balaban J connectivity index is 1.77. The lowest BCUT2D eigenvalue weighted by Crippen LogP contribution is -2.63. The molecule has 0 saturated carbocycles. The van der Waals surface area contributed by atoms with Crippen LogP contribution < -0.4 is 0 Å². The van der Waals surface area contributed by atoms with Gasteiger partial charge in [-0.1, -0.05) is 30.3 Å². The molecule has 5 heteroatoms. The van der Waals surface area contributed by atoms with Crippen LogP contribution in [0.1, 0.15) is 19.4 Å². The van der Waals surface area contributed by atoms with Gasteiger partial charge in [-0.15, -0.1) is 0 Å². The highest BCUT2D eigenvalue weighted by atomic mass is 16.8. The summed E-state index contributed by atoms with van der Waals surface area (Å²) in [7, 11) is 0. The van der Waals surface area contributed by atoms with Crippen LogP contribution in [0.15, 0.2) is 30.3 Å². The monoisotopic (exact) mass is 293 g/mol. The van der Waals surface area contributed by atoms with Gasteiger partial charge in [-0.05, 0) is 19.4 Å². The molecular weight excluding hydrogens is 270 g/mol. The van der Waals surface area contributed by atoms with E-state index in [9.17, 15) is 10.2 Å². The van der Waals surface area contributed by atoms with Crippen molar-refractivity contribution in [3.63, 3.8) is 0 Å². The maximum Gasteiger partial charge on any atom is 0.163 e. The molecule has 0 spiro atoms. The van der Waals surface area contributed by atoms with Crippen molar-refractivity contribution in [3.05, 3.63) is 35.9 Å². The molecule has 21 heavy (non-hydrogen) atoms. The molecule has 0 radical (unpaired) electrons. The van der Waals surface area contributed by atoms with Gasteiger partial charge in [0.25, 0.3) is 0 Å². The van der Waals surface area contributed by atoms with Crippen LogP contribution >= 0.6 is 0 Å². The number of β-amino-alcohol motifs (C(OH)–C–C–N with tert-alkyl or cyclic N) is 1. The molecule has 1 aromatic rings. The Morgan fingerprint density at radius 1 is 1.24 bits per heavy atom. The number of likely N-dealkylation sites (tertiary alicyclic amines) is 1. The van der Waals surface area contributed by atoms with E-state index in [1.165, 1.54) is 5.56 Å². The molecule has 2 heterocycles. The Bertz CT molecular complexity index is 492. The minimum atomic E-state index is -1.29. The lowest BCUT2D eigenvalue weighted by atomic mass is 9.88. The van der Waals surface area contributed by atoms with Gasteiger partial charge in [-0.3, -0.25) is 4.90 Å². The third-order valence-corrected chi connectivity index (χ3v) is 4.17. The number of piperidine rings is 1. The topological polar surface area (TPSA) is 62.2 Å². The maximum absolute atomic E-state index is 10.7. The van der Waals surface area contributed by atoms with Crippen molar-refractivity contribution in [2.75, 3.05) is 19.7 Å². The van der Waals surface area contributed by atoms with E-state index in [2.05, 4.69) is 17.0 Å². The fourth-order valence-corrected chi connectivity index (χ4v) is 3.32. The third-order valence-electron chi connectivity index (χ3n) is 4.17. The molecule has 116 valence electrons. The van der Waals surface area contributed by atoms with Crippen molar-refractivity contribution in [1.29, 1.82) is 0 Å². The van der Waals surface area contributed by atoms with E-state index in [0.29, 0.717) is 13.1 Å². The molecule has 2 fully saturated rings. The standard InChI is InChI=1S/C16H23NO4/c1-15(2)20-13-9-17(8-12-6-4-3-5-7-12)10-16(19,11-18)14(13)21-15/h3-7,13-14,18-19H,8-11H2,1-2H3/t13-,14+,16-/m1/s1. The average molecular weight is 293 g/mol. The molecule has 0 aliphatic carbocycles. The van der Waals surface area contributed by atoms with Gasteiger partial charge in [0.15, 0.2) is 5.79 Å². The fraction of sp³-hybridized carbons (Fsp3) is 0.625. The fourth-order valence-electron chi connectivity index (χ4n) is 3.32. The zero-order valence-corrected chi connectivity index (χ0v) is 12.5. The van der Waals surface area contributed by atoms with Gasteiger partial charge in [0.05, 0.1) is 6.61 Å². The summed E-state index contributed by atoms with van der Waals surface area (Å²) >= 11 is 0. The van der Waals surface area contributed by atoms with Crippen LogP contribution in [0.4, 0.5) is 0 Å². The maximum atomic E-state index is 10.7. The molecule has 2 N–H and O–H groups in total. The van der Waals surface area contributed by atoms with Crippen LogP contribution in [0, 0.1) is 0 Å². The molecule has 5 nitrogen and oxygen atoms in total. The molecule has 0 aromatic heterocycles. The summed E-state index contributed by atoms with van der Waals surface area (Å²) in [4.78, 5) is 2.11. The Kier molecular flexibility index (Phi) is 3.80. The average Bonchev–Trinajstić information content (AvgIpc) is 2.75. The lowest BCUT2D eigenvalue weighted by molar-refractivity contribution is -0.182. The highest BCUT2D eigenvalue weighted by Crippen LogP contribution is 2.38. The van der Waals surface area contributed by atoms with Crippen molar-refractivity contribution in [2.24, 2.45) is 0 Å². The molecule has 2 saturated heterocycles. The summed E-state index contributed by atoms with van der Waals surface area (Å²) < 4.78 is 11.7. The zero-order chi connectivity index (χ0) is 15.1. The van der Waals surface area contributed by atoms with Gasteiger partial charge >= 0.3 is 0 Å². The number of nitrogens with zero attached hydrogens (tertiary/aromatic N) is 1. The van der Waals surface area contributed by atoms with E-state index < -0.39 is 17.5 Å². The number of aliphatic hydroxyl groups excluding tert-OH is 1. The van der Waals surface area contributed by atoms with E-state index >= 15 is 0 Å². The van der Waals surface area contributed by atoms with E-state index in [4.69, 9.17) is 9.47 Å². The number of hydrogen-bond acceptors (Lipinski definition) is 5. The molecule has 0 unspecified atom stereocenters. The predicted octanol–water partition coefficient (Wildman–Crippen LogP) is 0.746. The minimum absolute atomic E-state index is 0.227. The lowest BCUT2D eigenvalue weighted by Gasteiger charge is -2.43. The summed E-state index contributed by atoms with van der Waals surface area (Å²) in [5, 5.41) is 20.4. The summed E-state index contributed by atoms with van der Waals surface area (Å²) in [5.74, 6) is -0.721. The number of aliphatic hydroxyl groups is 2. The molecule has 2 aliphatic rings. The molecular formula is C16H23NO4. The first-order valence-electron chi connectivity index (χ1n) is 7.37. The SMILES string of the molecule is CC1(C)O[C@@H]2CN(Cc3ccccc3)C[C@@](O)(CO)[C@H]2O1. The second-order valence-electron chi connectivity index (χ2n) is 6.51. The second kappa shape index (κ2) is 5.34. The summed E-state index contributed by atoms with van der Waals surface area (Å²) in [6.07, 6.45) is -0.709. The molecule has 3 rings (SSSR count). The van der Waals surface area contributed by atoms with Crippen LogP contribution in [0.3, 0.4) is 0 Å². The smallest absolute Gasteiger partial charge is 0.163 e. The van der Waals surface area contributed by atoms with Crippen molar-refractivity contribution >= 4 is 0 Å².